The van der Waals surface area contributed by atoms with Crippen molar-refractivity contribution in [2.45, 2.75) is 45.6 Å². The molecule has 0 saturated heterocycles. The van der Waals surface area contributed by atoms with E-state index in [0.29, 0.717) is 12.5 Å². The Bertz CT molecular complexity index is 454. The highest BCUT2D eigenvalue weighted by Gasteiger charge is 2.20. The van der Waals surface area contributed by atoms with E-state index >= 15 is 0 Å². The zero-order chi connectivity index (χ0) is 13.8. The molecule has 0 bridgehead atoms. The van der Waals surface area contributed by atoms with E-state index in [1.807, 2.05) is 7.05 Å². The van der Waals surface area contributed by atoms with Gasteiger partial charge in [-0.05, 0) is 43.0 Å². The molecule has 3 heteroatoms. The Morgan fingerprint density at radius 2 is 2.11 bits per heavy atom. The number of carbonyl (C=O) groups is 1. The number of carbonyl (C=O) groups excluding carboxylic acids is 1. The van der Waals surface area contributed by atoms with Crippen molar-refractivity contribution >= 4 is 11.6 Å². The fourth-order valence-corrected chi connectivity index (χ4v) is 2.55. The van der Waals surface area contributed by atoms with Crippen LogP contribution in [0.2, 0.25) is 0 Å². The molecule has 0 radical (unpaired) electrons. The van der Waals surface area contributed by atoms with Gasteiger partial charge < -0.3 is 10.2 Å². The second-order valence-electron chi connectivity index (χ2n) is 5.63. The number of anilines is 1. The summed E-state index contributed by atoms with van der Waals surface area (Å²) < 4.78 is 0. The number of nitrogens with zero attached hydrogens (tertiary/aromatic N) is 1. The average molecular weight is 260 g/mol. The lowest BCUT2D eigenvalue weighted by Crippen LogP contribution is -2.31. The van der Waals surface area contributed by atoms with Crippen LogP contribution >= 0.6 is 0 Å². The van der Waals surface area contributed by atoms with Crippen molar-refractivity contribution in [3.63, 3.8) is 0 Å². The van der Waals surface area contributed by atoms with E-state index in [0.717, 1.165) is 31.5 Å². The number of aryl methyl sites for hydroxylation is 2. The first-order valence-electron chi connectivity index (χ1n) is 7.19. The van der Waals surface area contributed by atoms with Gasteiger partial charge in [0.1, 0.15) is 0 Å². The Kier molecular flexibility index (Phi) is 4.59. The van der Waals surface area contributed by atoms with Gasteiger partial charge in [-0.1, -0.05) is 26.0 Å². The van der Waals surface area contributed by atoms with Crippen LogP contribution in [-0.2, 0) is 17.6 Å². The molecule has 2 rings (SSSR count). The van der Waals surface area contributed by atoms with Crippen molar-refractivity contribution in [2.75, 3.05) is 18.5 Å². The minimum Gasteiger partial charge on any atom is -0.315 e. The van der Waals surface area contributed by atoms with Crippen molar-refractivity contribution in [1.29, 1.82) is 0 Å². The summed E-state index contributed by atoms with van der Waals surface area (Å²) >= 11 is 0. The maximum absolute atomic E-state index is 11.6. The van der Waals surface area contributed by atoms with E-state index in [1.165, 1.54) is 11.1 Å². The Labute approximate surface area is 116 Å². The Balaban J connectivity index is 1.96. The van der Waals surface area contributed by atoms with Crippen molar-refractivity contribution in [1.82, 2.24) is 5.32 Å². The first-order chi connectivity index (χ1) is 9.08. The minimum atomic E-state index is 0.224. The molecule has 0 aliphatic carbocycles. The van der Waals surface area contributed by atoms with Crippen LogP contribution in [0.4, 0.5) is 5.69 Å². The van der Waals surface area contributed by atoms with Crippen LogP contribution in [0.3, 0.4) is 0 Å². The third-order valence-electron chi connectivity index (χ3n) is 3.68. The monoisotopic (exact) mass is 260 g/mol. The normalized spacial score (nSPS) is 14.9. The van der Waals surface area contributed by atoms with Crippen LogP contribution in [0.1, 0.15) is 37.8 Å². The van der Waals surface area contributed by atoms with Crippen LogP contribution in [0, 0.1) is 0 Å². The molecule has 3 nitrogen and oxygen atoms in total. The summed E-state index contributed by atoms with van der Waals surface area (Å²) in [5, 5.41) is 3.44. The second kappa shape index (κ2) is 6.20. The molecule has 0 spiro atoms. The predicted octanol–water partition coefficient (Wildman–Crippen LogP) is 2.53. The molecule has 1 aliphatic heterocycles. The smallest absolute Gasteiger partial charge is 0.227 e. The van der Waals surface area contributed by atoms with Gasteiger partial charge in [0.2, 0.25) is 5.91 Å². The topological polar surface area (TPSA) is 32.3 Å². The van der Waals surface area contributed by atoms with Crippen LogP contribution < -0.4 is 10.2 Å². The highest BCUT2D eigenvalue weighted by atomic mass is 16.2. The van der Waals surface area contributed by atoms with E-state index in [1.54, 1.807) is 4.90 Å². The summed E-state index contributed by atoms with van der Waals surface area (Å²) in [6, 6.07) is 7.08. The van der Waals surface area contributed by atoms with Crippen molar-refractivity contribution in [3.05, 3.63) is 29.3 Å². The lowest BCUT2D eigenvalue weighted by molar-refractivity contribution is -0.118. The molecule has 19 heavy (non-hydrogen) atoms. The SMILES string of the molecule is CC(C)NCCCc1ccc2c(c1)CCC(=O)N2C. The molecule has 0 aromatic heterocycles. The molecule has 1 aromatic rings. The number of nitrogens with one attached hydrogen (secondary N) is 1. The molecule has 104 valence electrons. The molecule has 1 heterocycles. The summed E-state index contributed by atoms with van der Waals surface area (Å²) in [7, 11) is 1.87. The molecule has 0 unspecified atom stereocenters. The Hall–Kier alpha value is -1.35. The van der Waals surface area contributed by atoms with Gasteiger partial charge in [0.25, 0.3) is 0 Å². The van der Waals surface area contributed by atoms with Gasteiger partial charge in [0, 0.05) is 25.2 Å². The van der Waals surface area contributed by atoms with E-state index in [9.17, 15) is 4.79 Å². The summed E-state index contributed by atoms with van der Waals surface area (Å²) in [5.41, 5.74) is 3.78. The summed E-state index contributed by atoms with van der Waals surface area (Å²) in [6.07, 6.45) is 3.79. The Morgan fingerprint density at radius 3 is 2.84 bits per heavy atom. The number of fused-ring (bicyclic) bond motifs is 1. The largest absolute Gasteiger partial charge is 0.315 e. The van der Waals surface area contributed by atoms with Gasteiger partial charge in [0.05, 0.1) is 0 Å². The van der Waals surface area contributed by atoms with Crippen molar-refractivity contribution < 1.29 is 4.79 Å². The molecule has 0 fully saturated rings. The van der Waals surface area contributed by atoms with Gasteiger partial charge in [0.15, 0.2) is 0 Å². The van der Waals surface area contributed by atoms with Gasteiger partial charge in [-0.3, -0.25) is 4.79 Å². The van der Waals surface area contributed by atoms with Crippen molar-refractivity contribution in [3.8, 4) is 0 Å². The Morgan fingerprint density at radius 1 is 1.32 bits per heavy atom. The van der Waals surface area contributed by atoms with Gasteiger partial charge in [-0.15, -0.1) is 0 Å². The van der Waals surface area contributed by atoms with Crippen LogP contribution in [0.5, 0.6) is 0 Å². The third-order valence-corrected chi connectivity index (χ3v) is 3.68. The molecule has 1 aromatic carbocycles. The molecule has 1 aliphatic rings. The number of rotatable bonds is 5. The van der Waals surface area contributed by atoms with Gasteiger partial charge in [-0.2, -0.15) is 0 Å². The maximum atomic E-state index is 11.6. The maximum Gasteiger partial charge on any atom is 0.227 e. The number of amides is 1. The molecule has 1 N–H and O–H groups in total. The predicted molar refractivity (Wildman–Crippen MR) is 79.6 cm³/mol. The third kappa shape index (κ3) is 3.57. The standard InChI is InChI=1S/C16H24N2O/c1-12(2)17-10-4-5-13-6-8-15-14(11-13)7-9-16(19)18(15)3/h6,8,11-12,17H,4-5,7,9-10H2,1-3H3. The molecule has 1 amide bonds. The molecular weight excluding hydrogens is 236 g/mol. The van der Waals surface area contributed by atoms with Gasteiger partial charge in [-0.25, -0.2) is 0 Å². The quantitative estimate of drug-likeness (QED) is 0.825. The van der Waals surface area contributed by atoms with E-state index < -0.39 is 0 Å². The zero-order valence-electron chi connectivity index (χ0n) is 12.2. The van der Waals surface area contributed by atoms with Gasteiger partial charge >= 0.3 is 0 Å². The van der Waals surface area contributed by atoms with E-state index in [2.05, 4.69) is 37.4 Å². The second-order valence-corrected chi connectivity index (χ2v) is 5.63. The summed E-state index contributed by atoms with van der Waals surface area (Å²) in [6.45, 7) is 5.41. The molecular formula is C16H24N2O. The minimum absolute atomic E-state index is 0.224. The van der Waals surface area contributed by atoms with Crippen molar-refractivity contribution in [2.24, 2.45) is 0 Å². The zero-order valence-corrected chi connectivity index (χ0v) is 12.2. The highest BCUT2D eigenvalue weighted by Crippen LogP contribution is 2.27. The first kappa shape index (κ1) is 14.1. The average Bonchev–Trinajstić information content (AvgIpc) is 2.39. The number of benzene rings is 1. The highest BCUT2D eigenvalue weighted by molar-refractivity contribution is 5.95. The first-order valence-corrected chi connectivity index (χ1v) is 7.19. The van der Waals surface area contributed by atoms with Crippen LogP contribution in [0.25, 0.3) is 0 Å². The lowest BCUT2D eigenvalue weighted by atomic mass is 9.97. The molecule has 0 saturated carbocycles. The summed E-state index contributed by atoms with van der Waals surface area (Å²) in [4.78, 5) is 13.4. The number of hydrogen-bond donors (Lipinski definition) is 1. The van der Waals surface area contributed by atoms with Crippen LogP contribution in [-0.4, -0.2) is 25.5 Å². The van der Waals surface area contributed by atoms with E-state index in [4.69, 9.17) is 0 Å². The summed E-state index contributed by atoms with van der Waals surface area (Å²) in [5.74, 6) is 0.224. The van der Waals surface area contributed by atoms with E-state index in [-0.39, 0.29) is 5.91 Å². The lowest BCUT2D eigenvalue weighted by Gasteiger charge is -2.26. The fourth-order valence-electron chi connectivity index (χ4n) is 2.55. The number of hydrogen-bond acceptors (Lipinski definition) is 2. The molecule has 0 atom stereocenters. The fraction of sp³-hybridized carbons (Fsp3) is 0.562. The van der Waals surface area contributed by atoms with Crippen LogP contribution in [0.15, 0.2) is 18.2 Å².